The van der Waals surface area contributed by atoms with Crippen molar-refractivity contribution in [2.45, 2.75) is 48.6 Å². The van der Waals surface area contributed by atoms with Gasteiger partial charge in [-0.05, 0) is 19.3 Å². The lowest BCUT2D eigenvalue weighted by Gasteiger charge is -2.17. The van der Waals surface area contributed by atoms with Gasteiger partial charge in [-0.1, -0.05) is 18.0 Å². The van der Waals surface area contributed by atoms with Gasteiger partial charge in [0.15, 0.2) is 15.7 Å². The summed E-state index contributed by atoms with van der Waals surface area (Å²) in [5, 5.41) is 4.15. The van der Waals surface area contributed by atoms with E-state index < -0.39 is 15.4 Å². The van der Waals surface area contributed by atoms with E-state index in [2.05, 4.69) is 10.1 Å². The number of thioether (sulfide) groups is 1. The highest BCUT2D eigenvalue weighted by Gasteiger charge is 2.36. The van der Waals surface area contributed by atoms with Crippen LogP contribution in [0.25, 0.3) is 0 Å². The average Bonchev–Trinajstić information content (AvgIpc) is 3.07. The maximum absolute atomic E-state index is 11.4. The summed E-state index contributed by atoms with van der Waals surface area (Å²) >= 11 is 1.58. The van der Waals surface area contributed by atoms with Gasteiger partial charge >= 0.3 is 0 Å². The van der Waals surface area contributed by atoms with Gasteiger partial charge in [-0.25, -0.2) is 8.42 Å². The van der Waals surface area contributed by atoms with Crippen molar-refractivity contribution in [3.63, 3.8) is 0 Å². The van der Waals surface area contributed by atoms with Crippen molar-refractivity contribution in [2.24, 2.45) is 5.73 Å². The van der Waals surface area contributed by atoms with E-state index in [1.54, 1.807) is 11.8 Å². The molecule has 1 aromatic heterocycles. The molecule has 0 aromatic carbocycles. The summed E-state index contributed by atoms with van der Waals surface area (Å²) in [4.78, 5) is 4.39. The molecule has 1 atom stereocenters. The van der Waals surface area contributed by atoms with Crippen LogP contribution in [-0.4, -0.2) is 35.3 Å². The van der Waals surface area contributed by atoms with Crippen LogP contribution >= 0.6 is 11.8 Å². The fraction of sp³-hybridized carbons (Fsp3) is 0.833. The molecule has 3 rings (SSSR count). The smallest absolute Gasteiger partial charge is 0.236 e. The van der Waals surface area contributed by atoms with Crippen molar-refractivity contribution in [3.8, 4) is 0 Å². The summed E-state index contributed by atoms with van der Waals surface area (Å²) in [7, 11) is -2.83. The van der Waals surface area contributed by atoms with Crippen molar-refractivity contribution >= 4 is 21.6 Å². The van der Waals surface area contributed by atoms with Crippen LogP contribution in [0, 0.1) is 0 Å². The van der Waals surface area contributed by atoms with Gasteiger partial charge in [0.05, 0.1) is 22.8 Å². The molecule has 0 spiro atoms. The second-order valence-electron chi connectivity index (χ2n) is 5.71. The SMILES string of the molecule is NC1(c2noc(CSC3CCS(=O)(=O)C3)n2)CCCC1. The van der Waals surface area contributed by atoms with Gasteiger partial charge in [-0.3, -0.25) is 0 Å². The van der Waals surface area contributed by atoms with Crippen LogP contribution in [0.4, 0.5) is 0 Å². The molecule has 1 unspecified atom stereocenters. The number of aromatic nitrogens is 2. The van der Waals surface area contributed by atoms with Gasteiger partial charge in [-0.2, -0.15) is 4.98 Å². The third-order valence-electron chi connectivity index (χ3n) is 4.04. The summed E-state index contributed by atoms with van der Waals surface area (Å²) in [5.41, 5.74) is 5.85. The van der Waals surface area contributed by atoms with Gasteiger partial charge < -0.3 is 10.3 Å². The van der Waals surface area contributed by atoms with Crippen LogP contribution in [-0.2, 0) is 21.1 Å². The summed E-state index contributed by atoms with van der Waals surface area (Å²) in [6.45, 7) is 0. The van der Waals surface area contributed by atoms with Crippen molar-refractivity contribution in [1.82, 2.24) is 10.1 Å². The van der Waals surface area contributed by atoms with Crippen LogP contribution in [0.15, 0.2) is 4.52 Å². The number of hydrogen-bond acceptors (Lipinski definition) is 7. The highest BCUT2D eigenvalue weighted by Crippen LogP contribution is 2.35. The van der Waals surface area contributed by atoms with Crippen molar-refractivity contribution in [2.75, 3.05) is 11.5 Å². The minimum Gasteiger partial charge on any atom is -0.338 e. The predicted octanol–water partition coefficient (Wildman–Crippen LogP) is 1.22. The number of sulfone groups is 1. The Morgan fingerprint density at radius 3 is 2.80 bits per heavy atom. The Balaban J connectivity index is 1.58. The summed E-state index contributed by atoms with van der Waals surface area (Å²) < 4.78 is 28.0. The molecule has 0 radical (unpaired) electrons. The maximum atomic E-state index is 11.4. The first kappa shape index (κ1) is 14.3. The average molecular weight is 317 g/mol. The van der Waals surface area contributed by atoms with Gasteiger partial charge in [0.1, 0.15) is 0 Å². The maximum Gasteiger partial charge on any atom is 0.236 e. The summed E-state index contributed by atoms with van der Waals surface area (Å²) in [6.07, 6.45) is 4.74. The van der Waals surface area contributed by atoms with E-state index in [-0.39, 0.29) is 11.0 Å². The van der Waals surface area contributed by atoms with E-state index in [9.17, 15) is 8.42 Å². The van der Waals surface area contributed by atoms with Gasteiger partial charge in [0, 0.05) is 5.25 Å². The highest BCUT2D eigenvalue weighted by molar-refractivity contribution is 8.01. The molecule has 2 heterocycles. The zero-order valence-corrected chi connectivity index (χ0v) is 12.9. The van der Waals surface area contributed by atoms with Crippen LogP contribution in [0.1, 0.15) is 43.8 Å². The molecule has 6 nitrogen and oxygen atoms in total. The van der Waals surface area contributed by atoms with Crippen LogP contribution in [0.5, 0.6) is 0 Å². The molecule has 1 aliphatic carbocycles. The number of nitrogens with zero attached hydrogens (tertiary/aromatic N) is 2. The normalized spacial score (nSPS) is 27.9. The lowest BCUT2D eigenvalue weighted by molar-refractivity contribution is 0.355. The molecular weight excluding hydrogens is 298 g/mol. The number of rotatable bonds is 4. The molecular formula is C12H19N3O3S2. The predicted molar refractivity (Wildman–Crippen MR) is 77.0 cm³/mol. The molecule has 0 bridgehead atoms. The third kappa shape index (κ3) is 3.01. The Hall–Kier alpha value is -0.600. The first-order valence-corrected chi connectivity index (χ1v) is 9.78. The number of nitrogens with two attached hydrogens (primary N) is 1. The van der Waals surface area contributed by atoms with E-state index in [0.29, 0.717) is 23.2 Å². The standard InChI is InChI=1S/C12H19N3O3S2/c13-12(4-1-2-5-12)11-14-10(18-15-11)7-19-9-3-6-20(16,17)8-9/h9H,1-8,13H2. The topological polar surface area (TPSA) is 99.1 Å². The monoisotopic (exact) mass is 317 g/mol. The highest BCUT2D eigenvalue weighted by atomic mass is 32.2. The number of hydrogen-bond donors (Lipinski definition) is 1. The zero-order valence-electron chi connectivity index (χ0n) is 11.2. The lowest BCUT2D eigenvalue weighted by Crippen LogP contribution is -2.34. The van der Waals surface area contributed by atoms with Crippen LogP contribution < -0.4 is 5.73 Å². The Kier molecular flexibility index (Phi) is 3.81. The Morgan fingerprint density at radius 2 is 2.15 bits per heavy atom. The lowest BCUT2D eigenvalue weighted by atomic mass is 9.99. The largest absolute Gasteiger partial charge is 0.338 e. The summed E-state index contributed by atoms with van der Waals surface area (Å²) in [6, 6.07) is 0. The molecule has 2 aliphatic rings. The molecule has 0 amide bonds. The molecule has 112 valence electrons. The molecule has 1 aromatic rings. The Labute approximate surface area is 122 Å². The van der Waals surface area contributed by atoms with Gasteiger partial charge in [0.25, 0.3) is 0 Å². The Bertz CT molecular complexity index is 579. The van der Waals surface area contributed by atoms with Crippen LogP contribution in [0.2, 0.25) is 0 Å². The second kappa shape index (κ2) is 5.31. The minimum atomic E-state index is -2.83. The van der Waals surface area contributed by atoms with E-state index in [0.717, 1.165) is 32.1 Å². The molecule has 20 heavy (non-hydrogen) atoms. The van der Waals surface area contributed by atoms with E-state index >= 15 is 0 Å². The third-order valence-corrected chi connectivity index (χ3v) is 7.31. The first-order valence-electron chi connectivity index (χ1n) is 6.91. The second-order valence-corrected chi connectivity index (χ2v) is 9.23. The first-order chi connectivity index (χ1) is 9.47. The van der Waals surface area contributed by atoms with Gasteiger partial charge in [0.2, 0.25) is 5.89 Å². The molecule has 2 N–H and O–H groups in total. The minimum absolute atomic E-state index is 0.147. The molecule has 1 saturated carbocycles. The van der Waals surface area contributed by atoms with Crippen molar-refractivity contribution in [3.05, 3.63) is 11.7 Å². The van der Waals surface area contributed by atoms with E-state index in [4.69, 9.17) is 10.3 Å². The molecule has 1 aliphatic heterocycles. The van der Waals surface area contributed by atoms with Gasteiger partial charge in [-0.15, -0.1) is 11.8 Å². The van der Waals surface area contributed by atoms with E-state index in [1.807, 2.05) is 0 Å². The molecule has 2 fully saturated rings. The zero-order chi connectivity index (χ0) is 14.2. The Morgan fingerprint density at radius 1 is 1.40 bits per heavy atom. The fourth-order valence-corrected chi connectivity index (χ4v) is 6.31. The summed E-state index contributed by atoms with van der Waals surface area (Å²) in [5.74, 6) is 2.27. The molecule has 1 saturated heterocycles. The van der Waals surface area contributed by atoms with Crippen LogP contribution in [0.3, 0.4) is 0 Å². The van der Waals surface area contributed by atoms with E-state index in [1.165, 1.54) is 0 Å². The van der Waals surface area contributed by atoms with Crippen molar-refractivity contribution in [1.29, 1.82) is 0 Å². The van der Waals surface area contributed by atoms with Crippen molar-refractivity contribution < 1.29 is 12.9 Å². The molecule has 8 heteroatoms. The fourth-order valence-electron chi connectivity index (χ4n) is 2.83. The quantitative estimate of drug-likeness (QED) is 0.891.